The number of aryl methyl sites for hydroxylation is 1. The maximum Gasteiger partial charge on any atom is 0.338 e. The highest BCUT2D eigenvalue weighted by molar-refractivity contribution is 7.84. The van der Waals surface area contributed by atoms with E-state index in [0.717, 1.165) is 38.5 Å². The summed E-state index contributed by atoms with van der Waals surface area (Å²) in [4.78, 5) is 0. The maximum atomic E-state index is 12.3. The quantitative estimate of drug-likeness (QED) is 0.874. The van der Waals surface area contributed by atoms with Gasteiger partial charge in [0.1, 0.15) is 5.75 Å². The Morgan fingerprint density at radius 2 is 1.96 bits per heavy atom. The van der Waals surface area contributed by atoms with E-state index in [1.54, 1.807) is 6.07 Å². The fourth-order valence-corrected chi connectivity index (χ4v) is 6.69. The summed E-state index contributed by atoms with van der Waals surface area (Å²) in [5, 5.41) is 9.79. The van der Waals surface area contributed by atoms with Crippen LogP contribution < -0.4 is 0 Å². The van der Waals surface area contributed by atoms with Crippen LogP contribution in [0.2, 0.25) is 0 Å². The van der Waals surface area contributed by atoms with E-state index in [0.29, 0.717) is 23.5 Å². The number of rotatable bonds is 3. The van der Waals surface area contributed by atoms with E-state index >= 15 is 0 Å². The van der Waals surface area contributed by atoms with Crippen molar-refractivity contribution < 1.29 is 17.7 Å². The lowest BCUT2D eigenvalue weighted by Crippen LogP contribution is -2.46. The van der Waals surface area contributed by atoms with Crippen LogP contribution in [0.25, 0.3) is 0 Å². The summed E-state index contributed by atoms with van der Waals surface area (Å²) < 4.78 is 31.4. The molecule has 3 aliphatic carbocycles. The normalized spacial score (nSPS) is 36.5. The second-order valence-electron chi connectivity index (χ2n) is 8.75. The smallest absolute Gasteiger partial charge is 0.338 e. The molecule has 4 rings (SSSR count). The molecule has 5 nitrogen and oxygen atoms in total. The van der Waals surface area contributed by atoms with Gasteiger partial charge in [0.15, 0.2) is 0 Å². The Labute approximate surface area is 156 Å². The third-order valence-corrected chi connectivity index (χ3v) is 8.68. The Kier molecular flexibility index (Phi) is 4.36. The molecule has 0 aliphatic heterocycles. The second kappa shape index (κ2) is 6.21. The highest BCUT2D eigenvalue weighted by atomic mass is 32.2. The van der Waals surface area contributed by atoms with Crippen LogP contribution in [0.3, 0.4) is 0 Å². The molecule has 0 radical (unpaired) electrons. The molecule has 6 heteroatoms. The Hall–Kier alpha value is -1.11. The molecule has 1 aromatic rings. The number of fused-ring (bicyclic) bond motifs is 5. The van der Waals surface area contributed by atoms with Crippen LogP contribution in [0.15, 0.2) is 18.2 Å². The van der Waals surface area contributed by atoms with Crippen molar-refractivity contribution in [2.45, 2.75) is 57.5 Å². The summed E-state index contributed by atoms with van der Waals surface area (Å²) in [6.45, 7) is 2.24. The van der Waals surface area contributed by atoms with Gasteiger partial charge in [-0.1, -0.05) is 13.0 Å². The number of hydrogen-bond donors (Lipinski definition) is 1. The average Bonchev–Trinajstić information content (AvgIpc) is 2.90. The highest BCUT2D eigenvalue weighted by Gasteiger charge is 2.56. The van der Waals surface area contributed by atoms with Crippen LogP contribution in [-0.2, 0) is 20.9 Å². The summed E-state index contributed by atoms with van der Waals surface area (Å²) in [6.07, 6.45) is 5.82. The molecule has 2 fully saturated rings. The molecule has 0 bridgehead atoms. The summed E-state index contributed by atoms with van der Waals surface area (Å²) in [7, 11) is -0.603. The third-order valence-electron chi connectivity index (χ3n) is 7.31. The zero-order valence-electron chi connectivity index (χ0n) is 15.8. The fourth-order valence-electron chi connectivity index (χ4n) is 5.91. The molecule has 3 unspecified atom stereocenters. The molecule has 144 valence electrons. The first kappa shape index (κ1) is 18.3. The SMILES string of the molecule is CN(C)S(=O)(=O)O[C@H]1CCC2C3CCc4cc(O)ccc4C3CC[C@@]21C. The van der Waals surface area contributed by atoms with Gasteiger partial charge in [0.05, 0.1) is 6.10 Å². The molecule has 0 amide bonds. The lowest BCUT2D eigenvalue weighted by atomic mass is 9.55. The molecule has 3 aliphatic rings. The van der Waals surface area contributed by atoms with Crippen LogP contribution in [0.4, 0.5) is 0 Å². The van der Waals surface area contributed by atoms with Crippen molar-refractivity contribution in [1.29, 1.82) is 0 Å². The Bertz CT molecular complexity index is 806. The standard InChI is InChI=1S/C20H29NO4S/c1-20-11-10-16-15-7-5-14(22)12-13(15)4-6-17(16)18(20)8-9-19(20)25-26(23,24)21(2)3/h5,7,12,16-19,22H,4,6,8-11H2,1-3H3/t16?,17?,18?,19-,20-/m0/s1. The van der Waals surface area contributed by atoms with Crippen molar-refractivity contribution in [2.75, 3.05) is 14.1 Å². The summed E-state index contributed by atoms with van der Waals surface area (Å²) in [6, 6.07) is 5.83. The van der Waals surface area contributed by atoms with Gasteiger partial charge in [0, 0.05) is 14.1 Å². The second-order valence-corrected chi connectivity index (χ2v) is 10.5. The van der Waals surface area contributed by atoms with E-state index in [9.17, 15) is 13.5 Å². The monoisotopic (exact) mass is 379 g/mol. The molecule has 0 heterocycles. The first-order valence-electron chi connectivity index (χ1n) is 9.65. The molecule has 1 N–H and O–H groups in total. The van der Waals surface area contributed by atoms with Gasteiger partial charge in [-0.25, -0.2) is 0 Å². The highest BCUT2D eigenvalue weighted by Crippen LogP contribution is 2.61. The van der Waals surface area contributed by atoms with Gasteiger partial charge in [-0.15, -0.1) is 0 Å². The van der Waals surface area contributed by atoms with Crippen molar-refractivity contribution in [2.24, 2.45) is 17.3 Å². The molecule has 0 aromatic heterocycles. The number of hydrogen-bond acceptors (Lipinski definition) is 4. The summed E-state index contributed by atoms with van der Waals surface area (Å²) in [5.41, 5.74) is 2.61. The first-order valence-corrected chi connectivity index (χ1v) is 11.0. The van der Waals surface area contributed by atoms with E-state index in [1.807, 2.05) is 6.07 Å². The maximum absolute atomic E-state index is 12.3. The minimum atomic E-state index is -3.65. The van der Waals surface area contributed by atoms with Gasteiger partial charge >= 0.3 is 10.3 Å². The molecule has 26 heavy (non-hydrogen) atoms. The van der Waals surface area contributed by atoms with Crippen LogP contribution in [0.5, 0.6) is 5.75 Å². The van der Waals surface area contributed by atoms with Gasteiger partial charge < -0.3 is 5.11 Å². The van der Waals surface area contributed by atoms with Gasteiger partial charge in [-0.05, 0) is 85.0 Å². The van der Waals surface area contributed by atoms with Crippen molar-refractivity contribution >= 4 is 10.3 Å². The van der Waals surface area contributed by atoms with Gasteiger partial charge in [0.2, 0.25) is 0 Å². The lowest BCUT2D eigenvalue weighted by Gasteiger charge is -2.50. The molecule has 0 saturated heterocycles. The Morgan fingerprint density at radius 3 is 2.69 bits per heavy atom. The largest absolute Gasteiger partial charge is 0.508 e. The van der Waals surface area contributed by atoms with Crippen LogP contribution in [0, 0.1) is 17.3 Å². The van der Waals surface area contributed by atoms with Crippen molar-refractivity contribution in [3.63, 3.8) is 0 Å². The van der Waals surface area contributed by atoms with E-state index in [-0.39, 0.29) is 11.5 Å². The number of nitrogens with zero attached hydrogens (tertiary/aromatic N) is 1. The van der Waals surface area contributed by atoms with Crippen molar-refractivity contribution in [3.05, 3.63) is 29.3 Å². The van der Waals surface area contributed by atoms with Crippen LogP contribution >= 0.6 is 0 Å². The fraction of sp³-hybridized carbons (Fsp3) is 0.700. The molecular formula is C20H29NO4S. The van der Waals surface area contributed by atoms with E-state index in [4.69, 9.17) is 4.18 Å². The zero-order chi connectivity index (χ0) is 18.7. The molecule has 0 spiro atoms. The van der Waals surface area contributed by atoms with E-state index in [1.165, 1.54) is 29.5 Å². The predicted molar refractivity (Wildman–Crippen MR) is 100 cm³/mol. The van der Waals surface area contributed by atoms with Crippen LogP contribution in [0.1, 0.15) is 56.1 Å². The average molecular weight is 380 g/mol. The van der Waals surface area contributed by atoms with Gasteiger partial charge in [0.25, 0.3) is 0 Å². The summed E-state index contributed by atoms with van der Waals surface area (Å²) in [5.74, 6) is 1.97. The van der Waals surface area contributed by atoms with Crippen LogP contribution in [-0.4, -0.2) is 38.0 Å². The van der Waals surface area contributed by atoms with Crippen molar-refractivity contribution in [3.8, 4) is 5.75 Å². The first-order chi connectivity index (χ1) is 12.2. The third kappa shape index (κ3) is 2.77. The minimum Gasteiger partial charge on any atom is -0.508 e. The molecule has 5 atom stereocenters. The molecular weight excluding hydrogens is 350 g/mol. The molecule has 1 aromatic carbocycles. The predicted octanol–water partition coefficient (Wildman–Crippen LogP) is 3.44. The van der Waals surface area contributed by atoms with Gasteiger partial charge in [-0.2, -0.15) is 12.7 Å². The Morgan fingerprint density at radius 1 is 1.19 bits per heavy atom. The summed E-state index contributed by atoms with van der Waals surface area (Å²) >= 11 is 0. The number of aromatic hydroxyl groups is 1. The van der Waals surface area contributed by atoms with E-state index in [2.05, 4.69) is 13.0 Å². The topological polar surface area (TPSA) is 66.8 Å². The van der Waals surface area contributed by atoms with E-state index < -0.39 is 10.3 Å². The molecule has 2 saturated carbocycles. The van der Waals surface area contributed by atoms with Gasteiger partial charge in [-0.3, -0.25) is 4.18 Å². The number of phenols is 1. The number of benzene rings is 1. The number of phenolic OH excluding ortho intramolecular Hbond substituents is 1. The minimum absolute atomic E-state index is 0.0708. The van der Waals surface area contributed by atoms with Crippen molar-refractivity contribution in [1.82, 2.24) is 4.31 Å². The zero-order valence-corrected chi connectivity index (χ0v) is 16.6. The Balaban J connectivity index is 1.60. The lowest BCUT2D eigenvalue weighted by molar-refractivity contribution is -0.0103.